The highest BCUT2D eigenvalue weighted by Crippen LogP contribution is 2.25. The summed E-state index contributed by atoms with van der Waals surface area (Å²) in [5.41, 5.74) is 0.773. The molecule has 0 aliphatic rings. The van der Waals surface area contributed by atoms with Crippen LogP contribution in [0.25, 0.3) is 11.3 Å². The third kappa shape index (κ3) is 5.41. The summed E-state index contributed by atoms with van der Waals surface area (Å²) in [4.78, 5) is 22.5. The predicted molar refractivity (Wildman–Crippen MR) is 107 cm³/mol. The molecule has 0 bridgehead atoms. The second-order valence-corrected chi connectivity index (χ2v) is 6.30. The smallest absolute Gasteiger partial charge is 0.292 e. The van der Waals surface area contributed by atoms with Crippen molar-refractivity contribution in [2.45, 2.75) is 12.8 Å². The molecule has 0 fully saturated rings. The fourth-order valence-electron chi connectivity index (χ4n) is 2.82. The second kappa shape index (κ2) is 9.50. The average molecular weight is 397 g/mol. The van der Waals surface area contributed by atoms with Gasteiger partial charge in [-0.05, 0) is 30.3 Å². The van der Waals surface area contributed by atoms with Gasteiger partial charge in [-0.15, -0.1) is 0 Å². The van der Waals surface area contributed by atoms with Crippen molar-refractivity contribution in [3.63, 3.8) is 0 Å². The molecule has 0 aliphatic heterocycles. The minimum atomic E-state index is -0.458. The maximum atomic E-state index is 13.8. The summed E-state index contributed by atoms with van der Waals surface area (Å²) in [6.07, 6.45) is 0.605. The zero-order chi connectivity index (χ0) is 20.6. The summed E-state index contributed by atoms with van der Waals surface area (Å²) in [7, 11) is 0. The molecule has 0 unspecified atom stereocenters. The molecule has 2 N–H and O–H groups in total. The summed E-state index contributed by atoms with van der Waals surface area (Å²) in [6, 6.07) is 16.1. The van der Waals surface area contributed by atoms with Gasteiger partial charge in [0.1, 0.15) is 23.0 Å². The number of nitro benzene ring substituents is 1. The lowest BCUT2D eigenvalue weighted by atomic mass is 10.1. The molecule has 1 aromatic heterocycles. The number of nitro groups is 1. The monoisotopic (exact) mass is 397 g/mol. The van der Waals surface area contributed by atoms with Gasteiger partial charge in [0.05, 0.1) is 10.5 Å². The number of anilines is 1. The molecule has 3 aromatic rings. The zero-order valence-corrected chi connectivity index (χ0v) is 15.6. The molecule has 1 amide bonds. The lowest BCUT2D eigenvalue weighted by molar-refractivity contribution is -0.384. The van der Waals surface area contributed by atoms with E-state index in [2.05, 4.69) is 10.6 Å². The Morgan fingerprint density at radius 3 is 2.59 bits per heavy atom. The van der Waals surface area contributed by atoms with Crippen LogP contribution in [0.1, 0.15) is 12.2 Å². The molecule has 0 radical (unpaired) electrons. The highest BCUT2D eigenvalue weighted by atomic mass is 19.1. The second-order valence-electron chi connectivity index (χ2n) is 6.30. The van der Waals surface area contributed by atoms with E-state index >= 15 is 0 Å². The van der Waals surface area contributed by atoms with Gasteiger partial charge < -0.3 is 15.1 Å². The van der Waals surface area contributed by atoms with Gasteiger partial charge in [0.15, 0.2) is 0 Å². The Bertz CT molecular complexity index is 1000. The third-order valence-corrected chi connectivity index (χ3v) is 4.26. The first-order valence-electron chi connectivity index (χ1n) is 9.12. The molecular weight excluding hydrogens is 377 g/mol. The molecule has 1 heterocycles. The first kappa shape index (κ1) is 20.1. The van der Waals surface area contributed by atoms with Gasteiger partial charge >= 0.3 is 0 Å². The van der Waals surface area contributed by atoms with E-state index in [0.717, 1.165) is 0 Å². The number of benzene rings is 2. The lowest BCUT2D eigenvalue weighted by Gasteiger charge is -2.08. The van der Waals surface area contributed by atoms with Crippen molar-refractivity contribution in [3.8, 4) is 11.3 Å². The van der Waals surface area contributed by atoms with E-state index in [4.69, 9.17) is 4.42 Å². The summed E-state index contributed by atoms with van der Waals surface area (Å²) in [5.74, 6) is 0.485. The molecule has 0 spiro atoms. The zero-order valence-electron chi connectivity index (χ0n) is 15.6. The number of nitrogens with zero attached hydrogens (tertiary/aromatic N) is 1. The Morgan fingerprint density at radius 1 is 1.03 bits per heavy atom. The van der Waals surface area contributed by atoms with Crippen molar-refractivity contribution in [2.75, 3.05) is 18.4 Å². The van der Waals surface area contributed by atoms with Crippen molar-refractivity contribution < 1.29 is 18.5 Å². The molecule has 0 saturated heterocycles. The van der Waals surface area contributed by atoms with Crippen molar-refractivity contribution in [2.24, 2.45) is 0 Å². The highest BCUT2D eigenvalue weighted by molar-refractivity contribution is 5.76. The van der Waals surface area contributed by atoms with Crippen LogP contribution in [0.15, 0.2) is 65.1 Å². The summed E-state index contributed by atoms with van der Waals surface area (Å²) in [6.45, 7) is 0.679. The lowest BCUT2D eigenvalue weighted by Crippen LogP contribution is -2.29. The van der Waals surface area contributed by atoms with Crippen LogP contribution in [-0.4, -0.2) is 23.9 Å². The van der Waals surface area contributed by atoms with Crippen LogP contribution >= 0.6 is 0 Å². The van der Waals surface area contributed by atoms with Crippen molar-refractivity contribution in [3.05, 3.63) is 82.4 Å². The first-order valence-corrected chi connectivity index (χ1v) is 9.12. The van der Waals surface area contributed by atoms with Crippen molar-refractivity contribution in [1.29, 1.82) is 0 Å². The quantitative estimate of drug-likeness (QED) is 0.321. The number of aryl methyl sites for hydroxylation is 1. The standard InChI is InChI=1S/C21H20FN3O4/c22-17-6-2-1-5-16(17)20-11-9-15(29-20)10-12-21(26)24-14-13-23-18-7-3-4-8-19(18)25(27)28/h1-9,11,23H,10,12-14H2,(H,24,26). The number of amides is 1. The van der Waals surface area contributed by atoms with Crippen LogP contribution in [0.3, 0.4) is 0 Å². The topological polar surface area (TPSA) is 97.4 Å². The molecule has 3 rings (SSSR count). The first-order chi connectivity index (χ1) is 14.0. The Balaban J connectivity index is 1.42. The number of carbonyl (C=O) groups excluding carboxylic acids is 1. The van der Waals surface area contributed by atoms with Crippen molar-refractivity contribution in [1.82, 2.24) is 5.32 Å². The van der Waals surface area contributed by atoms with E-state index in [9.17, 15) is 19.3 Å². The maximum absolute atomic E-state index is 13.8. The normalized spacial score (nSPS) is 10.5. The number of para-hydroxylation sites is 2. The fourth-order valence-corrected chi connectivity index (χ4v) is 2.82. The largest absolute Gasteiger partial charge is 0.461 e. The van der Waals surface area contributed by atoms with Gasteiger partial charge in [0.2, 0.25) is 5.91 Å². The van der Waals surface area contributed by atoms with E-state index in [1.807, 2.05) is 0 Å². The molecule has 0 atom stereocenters. The Morgan fingerprint density at radius 2 is 1.79 bits per heavy atom. The van der Waals surface area contributed by atoms with Gasteiger partial charge in [-0.25, -0.2) is 4.39 Å². The summed E-state index contributed by atoms with van der Waals surface area (Å²) in [5, 5.41) is 16.6. The number of rotatable bonds is 9. The molecule has 2 aromatic carbocycles. The average Bonchev–Trinajstić information content (AvgIpc) is 3.19. The molecule has 150 valence electrons. The number of furan rings is 1. The molecule has 29 heavy (non-hydrogen) atoms. The summed E-state index contributed by atoms with van der Waals surface area (Å²) >= 11 is 0. The van der Waals surface area contributed by atoms with Gasteiger partial charge in [0, 0.05) is 32.0 Å². The van der Waals surface area contributed by atoms with Crippen LogP contribution in [0, 0.1) is 15.9 Å². The molecule has 7 nitrogen and oxygen atoms in total. The van der Waals surface area contributed by atoms with Crippen LogP contribution in [0.5, 0.6) is 0 Å². The molecule has 0 aliphatic carbocycles. The maximum Gasteiger partial charge on any atom is 0.292 e. The predicted octanol–water partition coefficient (Wildman–Crippen LogP) is 4.15. The Hall–Kier alpha value is -3.68. The van der Waals surface area contributed by atoms with Crippen LogP contribution in [0.2, 0.25) is 0 Å². The van der Waals surface area contributed by atoms with E-state index < -0.39 is 4.92 Å². The number of halogens is 1. The van der Waals surface area contributed by atoms with E-state index in [1.54, 1.807) is 48.5 Å². The van der Waals surface area contributed by atoms with Gasteiger partial charge in [-0.2, -0.15) is 0 Å². The number of carbonyl (C=O) groups is 1. The molecule has 8 heteroatoms. The Labute approximate surface area is 166 Å². The minimum absolute atomic E-state index is 0.0118. The van der Waals surface area contributed by atoms with Crippen LogP contribution in [-0.2, 0) is 11.2 Å². The fraction of sp³-hybridized carbons (Fsp3) is 0.190. The number of nitrogens with one attached hydrogen (secondary N) is 2. The Kier molecular flexibility index (Phi) is 6.57. The van der Waals surface area contributed by atoms with E-state index in [0.29, 0.717) is 42.3 Å². The van der Waals surface area contributed by atoms with Gasteiger partial charge in [-0.3, -0.25) is 14.9 Å². The SMILES string of the molecule is O=C(CCc1ccc(-c2ccccc2F)o1)NCCNc1ccccc1[N+](=O)[O-]. The minimum Gasteiger partial charge on any atom is -0.461 e. The number of hydrogen-bond donors (Lipinski definition) is 2. The molecule has 0 saturated carbocycles. The van der Waals surface area contributed by atoms with E-state index in [1.165, 1.54) is 12.1 Å². The van der Waals surface area contributed by atoms with Crippen LogP contribution < -0.4 is 10.6 Å². The highest BCUT2D eigenvalue weighted by Gasteiger charge is 2.12. The van der Waals surface area contributed by atoms with Crippen LogP contribution in [0.4, 0.5) is 15.8 Å². The third-order valence-electron chi connectivity index (χ3n) is 4.26. The number of hydrogen-bond acceptors (Lipinski definition) is 5. The van der Waals surface area contributed by atoms with E-state index in [-0.39, 0.29) is 23.8 Å². The van der Waals surface area contributed by atoms with Gasteiger partial charge in [0.25, 0.3) is 5.69 Å². The molecular formula is C21H20FN3O4. The van der Waals surface area contributed by atoms with Crippen molar-refractivity contribution >= 4 is 17.3 Å². The van der Waals surface area contributed by atoms with Gasteiger partial charge in [-0.1, -0.05) is 24.3 Å². The summed E-state index contributed by atoms with van der Waals surface area (Å²) < 4.78 is 19.4.